The fourth-order valence-corrected chi connectivity index (χ4v) is 3.54. The van der Waals surface area contributed by atoms with Gasteiger partial charge in [-0.3, -0.25) is 10.1 Å². The van der Waals surface area contributed by atoms with E-state index in [1.807, 2.05) is 30.3 Å². The van der Waals surface area contributed by atoms with Gasteiger partial charge in [-0.25, -0.2) is 0 Å². The number of nitrogens with zero attached hydrogens (tertiary/aromatic N) is 5. The summed E-state index contributed by atoms with van der Waals surface area (Å²) in [5.41, 5.74) is 2.44. The van der Waals surface area contributed by atoms with E-state index in [4.69, 9.17) is 11.6 Å². The third-order valence-corrected chi connectivity index (χ3v) is 4.89. The normalized spacial score (nSPS) is 13.5. The summed E-state index contributed by atoms with van der Waals surface area (Å²) in [4.78, 5) is 12.7. The molecule has 0 saturated carbocycles. The van der Waals surface area contributed by atoms with Crippen LogP contribution >= 0.6 is 11.6 Å². The number of halogens is 1. The summed E-state index contributed by atoms with van der Waals surface area (Å²) in [5.74, 6) is 1.70. The van der Waals surface area contributed by atoms with Gasteiger partial charge in [0.05, 0.1) is 22.2 Å². The Bertz CT molecular complexity index is 987. The van der Waals surface area contributed by atoms with Gasteiger partial charge in [0.15, 0.2) is 11.6 Å². The zero-order valence-corrected chi connectivity index (χ0v) is 14.8. The van der Waals surface area contributed by atoms with Crippen LogP contribution in [0.5, 0.6) is 0 Å². The van der Waals surface area contributed by atoms with Crippen molar-refractivity contribution in [1.29, 1.82) is 0 Å². The highest BCUT2D eigenvalue weighted by Gasteiger charge is 2.25. The van der Waals surface area contributed by atoms with Crippen LogP contribution in [-0.4, -0.2) is 26.2 Å². The van der Waals surface area contributed by atoms with E-state index in [-0.39, 0.29) is 5.69 Å². The van der Waals surface area contributed by atoms with E-state index in [1.54, 1.807) is 13.0 Å². The van der Waals surface area contributed by atoms with E-state index in [0.717, 1.165) is 36.0 Å². The van der Waals surface area contributed by atoms with Gasteiger partial charge in [0, 0.05) is 30.3 Å². The van der Waals surface area contributed by atoms with Gasteiger partial charge in [0.1, 0.15) is 0 Å². The topological polar surface area (TPSA) is 77.1 Å². The lowest BCUT2D eigenvalue weighted by molar-refractivity contribution is -0.385. The molecule has 7 nitrogen and oxygen atoms in total. The number of aryl methyl sites for hydroxylation is 1. The largest absolute Gasteiger partial charge is 0.361 e. The molecule has 4 rings (SSSR count). The monoisotopic (exact) mass is 369 g/mol. The van der Waals surface area contributed by atoms with E-state index in [2.05, 4.69) is 19.7 Å². The highest BCUT2D eigenvalue weighted by Crippen LogP contribution is 2.35. The fraction of sp³-hybridized carbons (Fsp3) is 0.222. The molecule has 1 aromatic heterocycles. The molecule has 0 amide bonds. The zero-order valence-electron chi connectivity index (χ0n) is 14.1. The summed E-state index contributed by atoms with van der Waals surface area (Å²) < 4.78 is 2.11. The number of anilines is 1. The second kappa shape index (κ2) is 6.42. The molecule has 0 spiro atoms. The van der Waals surface area contributed by atoms with Gasteiger partial charge in [-0.2, -0.15) is 0 Å². The van der Waals surface area contributed by atoms with E-state index in [9.17, 15) is 10.1 Å². The van der Waals surface area contributed by atoms with Gasteiger partial charge < -0.3 is 9.47 Å². The van der Waals surface area contributed by atoms with Crippen molar-refractivity contribution in [2.75, 3.05) is 11.4 Å². The Kier molecular flexibility index (Phi) is 4.08. The van der Waals surface area contributed by atoms with Crippen LogP contribution in [0.4, 0.5) is 11.4 Å². The van der Waals surface area contributed by atoms with Crippen molar-refractivity contribution < 1.29 is 4.92 Å². The second-order valence-corrected chi connectivity index (χ2v) is 6.63. The van der Waals surface area contributed by atoms with E-state index >= 15 is 0 Å². The molecule has 0 saturated heterocycles. The molecule has 132 valence electrons. The minimum Gasteiger partial charge on any atom is -0.361 e. The van der Waals surface area contributed by atoms with Gasteiger partial charge in [-0.1, -0.05) is 41.9 Å². The summed E-state index contributed by atoms with van der Waals surface area (Å²) >= 11 is 6.32. The third kappa shape index (κ3) is 2.80. The quantitative estimate of drug-likeness (QED) is 0.518. The predicted molar refractivity (Wildman–Crippen MR) is 99.4 cm³/mol. The first kappa shape index (κ1) is 16.5. The molecule has 0 bridgehead atoms. The van der Waals surface area contributed by atoms with Gasteiger partial charge >= 0.3 is 0 Å². The maximum atomic E-state index is 11.1. The molecular formula is C18H16ClN5O2. The average Bonchev–Trinajstić information content (AvgIpc) is 3.07. The Hall–Kier alpha value is -2.93. The minimum atomic E-state index is -0.413. The third-order valence-electron chi connectivity index (χ3n) is 4.59. The van der Waals surface area contributed by atoms with Crippen molar-refractivity contribution in [2.45, 2.75) is 20.0 Å². The number of benzene rings is 2. The lowest BCUT2D eigenvalue weighted by Crippen LogP contribution is -2.34. The fourth-order valence-electron chi connectivity index (χ4n) is 3.26. The molecule has 2 aromatic carbocycles. The number of hydrogen-bond donors (Lipinski definition) is 0. The number of rotatable bonds is 3. The van der Waals surface area contributed by atoms with Gasteiger partial charge in [0.25, 0.3) is 5.69 Å². The molecule has 3 aromatic rings. The van der Waals surface area contributed by atoms with E-state index in [0.29, 0.717) is 17.1 Å². The highest BCUT2D eigenvalue weighted by molar-refractivity contribution is 6.33. The molecule has 26 heavy (non-hydrogen) atoms. The molecule has 0 fully saturated rings. The van der Waals surface area contributed by atoms with E-state index < -0.39 is 4.92 Å². The maximum Gasteiger partial charge on any atom is 0.273 e. The molecule has 0 atom stereocenters. The molecule has 0 N–H and O–H groups in total. The van der Waals surface area contributed by atoms with Crippen LogP contribution in [0.25, 0.3) is 11.4 Å². The smallest absolute Gasteiger partial charge is 0.273 e. The molecule has 1 aliphatic heterocycles. The van der Waals surface area contributed by atoms with Crippen LogP contribution in [-0.2, 0) is 13.1 Å². The Morgan fingerprint density at radius 2 is 1.92 bits per heavy atom. The molecule has 2 heterocycles. The van der Waals surface area contributed by atoms with Crippen molar-refractivity contribution in [3.05, 3.63) is 69.0 Å². The van der Waals surface area contributed by atoms with Crippen LogP contribution in [0.2, 0.25) is 5.02 Å². The molecule has 8 heteroatoms. The van der Waals surface area contributed by atoms with Gasteiger partial charge in [-0.05, 0) is 13.0 Å². The summed E-state index contributed by atoms with van der Waals surface area (Å²) in [6.07, 6.45) is 0. The highest BCUT2D eigenvalue weighted by atomic mass is 35.5. The van der Waals surface area contributed by atoms with Gasteiger partial charge in [0.2, 0.25) is 0 Å². The lowest BCUT2D eigenvalue weighted by atomic mass is 10.1. The Morgan fingerprint density at radius 3 is 2.65 bits per heavy atom. The summed E-state index contributed by atoms with van der Waals surface area (Å²) in [6, 6.07) is 13.1. The average molecular weight is 370 g/mol. The van der Waals surface area contributed by atoms with Crippen molar-refractivity contribution >= 4 is 23.0 Å². The van der Waals surface area contributed by atoms with Crippen molar-refractivity contribution in [1.82, 2.24) is 14.8 Å². The van der Waals surface area contributed by atoms with Crippen molar-refractivity contribution in [3.63, 3.8) is 0 Å². The number of nitro benzene ring substituents is 1. The van der Waals surface area contributed by atoms with Crippen LogP contribution < -0.4 is 4.90 Å². The Morgan fingerprint density at radius 1 is 1.15 bits per heavy atom. The van der Waals surface area contributed by atoms with Crippen molar-refractivity contribution in [2.24, 2.45) is 0 Å². The van der Waals surface area contributed by atoms with Crippen LogP contribution in [0.1, 0.15) is 11.4 Å². The zero-order chi connectivity index (χ0) is 18.3. The first-order chi connectivity index (χ1) is 12.5. The number of nitro groups is 1. The Labute approximate surface area is 155 Å². The van der Waals surface area contributed by atoms with Crippen LogP contribution in [0.15, 0.2) is 42.5 Å². The van der Waals surface area contributed by atoms with Gasteiger partial charge in [-0.15, -0.1) is 10.2 Å². The first-order valence-corrected chi connectivity index (χ1v) is 8.59. The number of aromatic nitrogens is 3. The minimum absolute atomic E-state index is 0.0327. The van der Waals surface area contributed by atoms with E-state index in [1.165, 1.54) is 6.07 Å². The summed E-state index contributed by atoms with van der Waals surface area (Å²) in [6.45, 7) is 3.72. The summed E-state index contributed by atoms with van der Waals surface area (Å²) in [7, 11) is 0. The standard InChI is InChI=1S/C18H16ClN5O2/c1-12-9-16(14(19)10-15(12)24(25)26)22-7-8-23-17(11-22)20-21-18(23)13-5-3-2-4-6-13/h2-6,9-10H,7-8,11H2,1H3. The Balaban J connectivity index is 1.65. The molecule has 0 aliphatic carbocycles. The molecule has 0 unspecified atom stereocenters. The SMILES string of the molecule is Cc1cc(N2CCn3c(nnc3-c3ccccc3)C2)c(Cl)cc1[N+](=O)[O-]. The predicted octanol–water partition coefficient (Wildman–Crippen LogP) is 3.84. The molecule has 0 radical (unpaired) electrons. The van der Waals surface area contributed by atoms with Crippen LogP contribution in [0.3, 0.4) is 0 Å². The maximum absolute atomic E-state index is 11.1. The van der Waals surface area contributed by atoms with Crippen LogP contribution in [0, 0.1) is 17.0 Å². The molecule has 1 aliphatic rings. The molecular weight excluding hydrogens is 354 g/mol. The lowest BCUT2D eigenvalue weighted by Gasteiger charge is -2.30. The number of hydrogen-bond acceptors (Lipinski definition) is 5. The first-order valence-electron chi connectivity index (χ1n) is 8.21. The number of fused-ring (bicyclic) bond motifs is 1. The second-order valence-electron chi connectivity index (χ2n) is 6.23. The van der Waals surface area contributed by atoms with Crippen molar-refractivity contribution in [3.8, 4) is 11.4 Å². The summed E-state index contributed by atoms with van der Waals surface area (Å²) in [5, 5.41) is 20.1.